The third-order valence-electron chi connectivity index (χ3n) is 10.7. The highest BCUT2D eigenvalue weighted by molar-refractivity contribution is 6.09. The molecule has 0 fully saturated rings. The molecule has 9 aromatic rings. The largest absolute Gasteiger partial charge is 0.363 e. The van der Waals surface area contributed by atoms with Crippen molar-refractivity contribution < 1.29 is 0 Å². The Morgan fingerprint density at radius 2 is 1.04 bits per heavy atom. The van der Waals surface area contributed by atoms with E-state index in [-0.39, 0.29) is 0 Å². The number of aromatic nitrogens is 2. The summed E-state index contributed by atoms with van der Waals surface area (Å²) in [6, 6.07) is 66.8. The monoisotopic (exact) mass is 690 g/mol. The number of anilines is 1. The molecule has 0 saturated heterocycles. The lowest BCUT2D eigenvalue weighted by molar-refractivity contribution is 0.812. The molecule has 0 atom stereocenters. The second-order valence-electron chi connectivity index (χ2n) is 14.0. The van der Waals surface area contributed by atoms with Gasteiger partial charge in [0.15, 0.2) is 0 Å². The van der Waals surface area contributed by atoms with Crippen LogP contribution in [0, 0.1) is 11.3 Å². The topological polar surface area (TPSA) is 44.9 Å². The number of fused-ring (bicyclic) bond motifs is 6. The summed E-state index contributed by atoms with van der Waals surface area (Å²) < 4.78 is 2.34. The van der Waals surface area contributed by atoms with Crippen LogP contribution in [0.4, 0.5) is 5.69 Å². The van der Waals surface area contributed by atoms with Crippen LogP contribution in [0.15, 0.2) is 182 Å². The van der Waals surface area contributed by atoms with Crippen LogP contribution in [0.25, 0.3) is 72.3 Å². The predicted octanol–water partition coefficient (Wildman–Crippen LogP) is 12.2. The van der Waals surface area contributed by atoms with E-state index in [0.717, 1.165) is 74.2 Å². The molecule has 0 bridgehead atoms. The van der Waals surface area contributed by atoms with Gasteiger partial charge in [-0.3, -0.25) is 0 Å². The van der Waals surface area contributed by atoms with Crippen LogP contribution < -0.4 is 4.90 Å². The summed E-state index contributed by atoms with van der Waals surface area (Å²) in [5.41, 5.74) is 16.5. The first kappa shape index (κ1) is 31.5. The van der Waals surface area contributed by atoms with E-state index >= 15 is 0 Å². The average molecular weight is 691 g/mol. The van der Waals surface area contributed by atoms with Crippen molar-refractivity contribution in [3.8, 4) is 56.5 Å². The maximum Gasteiger partial charge on any atom is 0.0991 e. The van der Waals surface area contributed by atoms with Gasteiger partial charge in [-0.1, -0.05) is 115 Å². The van der Waals surface area contributed by atoms with Crippen LogP contribution in [0.3, 0.4) is 0 Å². The van der Waals surface area contributed by atoms with E-state index in [1.807, 2.05) is 24.3 Å². The van der Waals surface area contributed by atoms with Crippen LogP contribution >= 0.6 is 0 Å². The molecule has 0 aliphatic carbocycles. The van der Waals surface area contributed by atoms with Crippen LogP contribution in [-0.2, 0) is 13.1 Å². The third-order valence-corrected chi connectivity index (χ3v) is 10.7. The molecular weight excluding hydrogens is 657 g/mol. The molecule has 0 N–H and O–H groups in total. The molecular formula is C50H34N4. The van der Waals surface area contributed by atoms with Gasteiger partial charge in [-0.2, -0.15) is 5.26 Å². The summed E-state index contributed by atoms with van der Waals surface area (Å²) in [7, 11) is 0. The Morgan fingerprint density at radius 1 is 0.444 bits per heavy atom. The molecule has 1 aliphatic rings. The van der Waals surface area contributed by atoms with Crippen LogP contribution in [0.1, 0.15) is 16.7 Å². The Balaban J connectivity index is 1.18. The normalized spacial score (nSPS) is 12.2. The van der Waals surface area contributed by atoms with Gasteiger partial charge in [0, 0.05) is 46.4 Å². The number of para-hydroxylation sites is 2. The van der Waals surface area contributed by atoms with Gasteiger partial charge in [0.25, 0.3) is 0 Å². The molecule has 7 aromatic carbocycles. The predicted molar refractivity (Wildman–Crippen MR) is 221 cm³/mol. The molecule has 3 heterocycles. The zero-order valence-corrected chi connectivity index (χ0v) is 29.5. The van der Waals surface area contributed by atoms with Gasteiger partial charge in [-0.05, 0) is 100 Å². The number of hydrogen-bond donors (Lipinski definition) is 0. The van der Waals surface area contributed by atoms with Gasteiger partial charge >= 0.3 is 0 Å². The summed E-state index contributed by atoms with van der Waals surface area (Å²) in [6.07, 6.45) is 0. The first-order chi connectivity index (χ1) is 26.7. The van der Waals surface area contributed by atoms with E-state index in [1.165, 1.54) is 27.9 Å². The lowest BCUT2D eigenvalue weighted by Crippen LogP contribution is -2.20. The first-order valence-corrected chi connectivity index (χ1v) is 18.3. The lowest BCUT2D eigenvalue weighted by atomic mass is 9.91. The number of hydrogen-bond acceptors (Lipinski definition) is 3. The fourth-order valence-corrected chi connectivity index (χ4v) is 8.06. The van der Waals surface area contributed by atoms with Gasteiger partial charge < -0.3 is 9.47 Å². The van der Waals surface area contributed by atoms with Gasteiger partial charge in [0.1, 0.15) is 0 Å². The van der Waals surface area contributed by atoms with Crippen molar-refractivity contribution in [3.05, 3.63) is 199 Å². The molecule has 2 aromatic heterocycles. The smallest absolute Gasteiger partial charge is 0.0991 e. The molecule has 1 aliphatic heterocycles. The van der Waals surface area contributed by atoms with E-state index in [0.29, 0.717) is 5.56 Å². The van der Waals surface area contributed by atoms with E-state index in [1.54, 1.807) is 0 Å². The molecule has 0 amide bonds. The SMILES string of the molecule is N#Cc1ccc2c(c1)c1ccccc1n2-c1ccc2c(c1)-c1cc(-c3cc(-c4ccccc4)nc(-c4ccccc4)c3)ccc1CN(c1ccccc1)C2. The van der Waals surface area contributed by atoms with Gasteiger partial charge in [-0.15, -0.1) is 0 Å². The molecule has 10 rings (SSSR count). The molecule has 0 spiro atoms. The fraction of sp³-hybridized carbons (Fsp3) is 0.0400. The van der Waals surface area contributed by atoms with Crippen molar-refractivity contribution in [2.45, 2.75) is 13.1 Å². The highest BCUT2D eigenvalue weighted by Gasteiger charge is 2.23. The Kier molecular flexibility index (Phi) is 7.63. The first-order valence-electron chi connectivity index (χ1n) is 18.3. The van der Waals surface area contributed by atoms with Crippen molar-refractivity contribution in [3.63, 3.8) is 0 Å². The number of rotatable bonds is 5. The summed E-state index contributed by atoms with van der Waals surface area (Å²) >= 11 is 0. The molecule has 0 unspecified atom stereocenters. The maximum atomic E-state index is 9.74. The molecule has 4 nitrogen and oxygen atoms in total. The molecule has 54 heavy (non-hydrogen) atoms. The lowest BCUT2D eigenvalue weighted by Gasteiger charge is -2.24. The van der Waals surface area contributed by atoms with Crippen molar-refractivity contribution >= 4 is 27.5 Å². The number of pyridine rings is 1. The molecule has 0 saturated carbocycles. The Labute approximate surface area is 314 Å². The van der Waals surface area contributed by atoms with Gasteiger partial charge in [0.05, 0.1) is 34.1 Å². The standard InChI is InChI=1S/C50H34N4/c51-31-34-20-25-50-46(26-34)43-18-10-11-19-49(43)54(50)42-24-23-39-33-53(41-16-8-3-9-17-41)32-38-22-21-37(27-44(38)45(39)30-42)40-28-47(35-12-4-1-5-13-35)52-48(29-40)36-14-6-2-7-15-36/h1-30H,32-33H2. The Bertz CT molecular complexity index is 2830. The van der Waals surface area contributed by atoms with Crippen molar-refractivity contribution in [1.82, 2.24) is 9.55 Å². The van der Waals surface area contributed by atoms with Crippen LogP contribution in [0.5, 0.6) is 0 Å². The second kappa shape index (κ2) is 13.1. The zero-order valence-electron chi connectivity index (χ0n) is 29.5. The summed E-state index contributed by atoms with van der Waals surface area (Å²) in [5.74, 6) is 0. The Morgan fingerprint density at radius 3 is 1.72 bits per heavy atom. The van der Waals surface area contributed by atoms with E-state index < -0.39 is 0 Å². The minimum atomic E-state index is 0.664. The Hall–Kier alpha value is -7.22. The van der Waals surface area contributed by atoms with Crippen molar-refractivity contribution in [2.75, 3.05) is 4.90 Å². The van der Waals surface area contributed by atoms with Crippen molar-refractivity contribution in [1.29, 1.82) is 5.26 Å². The highest BCUT2D eigenvalue weighted by Crippen LogP contribution is 2.41. The third kappa shape index (κ3) is 5.51. The quantitative estimate of drug-likeness (QED) is 0.181. The van der Waals surface area contributed by atoms with Crippen LogP contribution in [-0.4, -0.2) is 9.55 Å². The molecule has 0 radical (unpaired) electrons. The van der Waals surface area contributed by atoms with Gasteiger partial charge in [0.2, 0.25) is 0 Å². The number of nitriles is 1. The van der Waals surface area contributed by atoms with Crippen molar-refractivity contribution in [2.24, 2.45) is 0 Å². The fourth-order valence-electron chi connectivity index (χ4n) is 8.06. The van der Waals surface area contributed by atoms with E-state index in [9.17, 15) is 5.26 Å². The van der Waals surface area contributed by atoms with Crippen LogP contribution in [0.2, 0.25) is 0 Å². The molecule has 4 heteroatoms. The molecule has 254 valence electrons. The van der Waals surface area contributed by atoms with E-state index in [2.05, 4.69) is 173 Å². The number of nitrogens with zero attached hydrogens (tertiary/aromatic N) is 4. The maximum absolute atomic E-state index is 9.74. The van der Waals surface area contributed by atoms with E-state index in [4.69, 9.17) is 4.98 Å². The van der Waals surface area contributed by atoms with Gasteiger partial charge in [-0.25, -0.2) is 4.98 Å². The highest BCUT2D eigenvalue weighted by atomic mass is 15.1. The summed E-state index contributed by atoms with van der Waals surface area (Å²) in [6.45, 7) is 1.57. The zero-order chi connectivity index (χ0) is 36.0. The average Bonchev–Trinajstić information content (AvgIpc) is 3.48. The number of benzene rings is 7. The minimum absolute atomic E-state index is 0.664. The second-order valence-corrected chi connectivity index (χ2v) is 14.0. The minimum Gasteiger partial charge on any atom is -0.363 e. The summed E-state index contributed by atoms with van der Waals surface area (Å²) in [4.78, 5) is 7.63. The summed E-state index contributed by atoms with van der Waals surface area (Å²) in [5, 5.41) is 12.0.